The lowest BCUT2D eigenvalue weighted by atomic mass is 10.0. The first-order valence-corrected chi connectivity index (χ1v) is 22.6. The molecule has 6 rings (SSSR count). The Balaban J connectivity index is 0.000000251. The summed E-state index contributed by atoms with van der Waals surface area (Å²) in [5.74, 6) is 0.449. The number of urea groups is 1. The van der Waals surface area contributed by atoms with Gasteiger partial charge in [-0.2, -0.15) is 0 Å². The van der Waals surface area contributed by atoms with Crippen molar-refractivity contribution >= 4 is 47.1 Å². The number of hydrogen-bond donors (Lipinski definition) is 5. The summed E-state index contributed by atoms with van der Waals surface area (Å²) in [5.41, 5.74) is 12.6. The van der Waals surface area contributed by atoms with E-state index in [0.717, 1.165) is 33.4 Å². The summed E-state index contributed by atoms with van der Waals surface area (Å²) in [6.07, 6.45) is 0.423. The Labute approximate surface area is 402 Å². The predicted molar refractivity (Wildman–Crippen MR) is 266 cm³/mol. The average molecular weight is 947 g/mol. The number of nitrogens with two attached hydrogens (primary N) is 1. The van der Waals surface area contributed by atoms with Gasteiger partial charge in [0.15, 0.2) is 0 Å². The largest absolute Gasteiger partial charge is 0.489 e. The number of alkyl carbamates (subject to hydrolysis) is 1. The molecule has 0 aliphatic rings. The summed E-state index contributed by atoms with van der Waals surface area (Å²) in [4.78, 5) is 48.7. The van der Waals surface area contributed by atoms with Gasteiger partial charge in [-0.05, 0) is 110 Å². The van der Waals surface area contributed by atoms with Crippen LogP contribution in [0.3, 0.4) is 0 Å². The SMILES string of the molecule is CC(C)Oc1ccc(C(=O)N[C@H](CNC(N)=O)Cc2ccc(-c3ccccc3)cc2)cc1Cl.COC(=O)NC[C@H](Cc1ccc(-c2ccccc2)cc1)NC(=O)c1ccc(OC(C)C)c(Cl)c1. The number of carbonyl (C=O) groups is 4. The lowest BCUT2D eigenvalue weighted by Crippen LogP contribution is -2.46. The molecule has 6 N–H and O–H groups in total. The Bertz CT molecular complexity index is 2540. The maximum Gasteiger partial charge on any atom is 0.406 e. The molecule has 0 unspecified atom stereocenters. The van der Waals surface area contributed by atoms with Crippen LogP contribution in [0.5, 0.6) is 11.5 Å². The third-order valence-electron chi connectivity index (χ3n) is 10.1. The minimum atomic E-state index is -0.646. The molecule has 6 aromatic carbocycles. The van der Waals surface area contributed by atoms with Gasteiger partial charge in [0.2, 0.25) is 0 Å². The van der Waals surface area contributed by atoms with E-state index in [0.29, 0.717) is 45.5 Å². The van der Waals surface area contributed by atoms with Gasteiger partial charge in [0, 0.05) is 24.2 Å². The highest BCUT2D eigenvalue weighted by molar-refractivity contribution is 6.32. The number of carbonyl (C=O) groups excluding carboxylic acids is 4. The standard InChI is InChI=1S/C27H29ClN2O4.C26H28ClN3O3/c1-18(2)34-25-14-13-22(16-24(25)28)26(31)30-23(17-29-27(32)33-3)15-19-9-11-21(12-10-19)20-7-5-4-6-8-20;1-17(2)33-24-13-12-21(15-23(24)27)25(31)30-22(16-29-26(28)32)14-18-8-10-20(11-9-18)19-6-4-3-5-7-19/h4-14,16,18,23H,15,17H2,1-3H3,(H,29,32)(H,30,31);3-13,15,17,22H,14,16H2,1-2H3,(H,30,31)(H3,28,29,32)/t23-;22-/m00/s1. The van der Waals surface area contributed by atoms with E-state index >= 15 is 0 Å². The lowest BCUT2D eigenvalue weighted by molar-refractivity contribution is 0.0927. The molecule has 0 spiro atoms. The smallest absolute Gasteiger partial charge is 0.406 e. The summed E-state index contributed by atoms with van der Waals surface area (Å²) in [5, 5.41) is 11.9. The van der Waals surface area contributed by atoms with E-state index in [4.69, 9.17) is 38.4 Å². The van der Waals surface area contributed by atoms with Crippen LogP contribution in [0, 0.1) is 0 Å². The van der Waals surface area contributed by atoms with Gasteiger partial charge in [0.1, 0.15) is 11.5 Å². The first-order valence-electron chi connectivity index (χ1n) is 21.8. The van der Waals surface area contributed by atoms with Crippen molar-refractivity contribution in [1.82, 2.24) is 21.3 Å². The number of halogens is 2. The maximum absolute atomic E-state index is 12.9. The summed E-state index contributed by atoms with van der Waals surface area (Å²) < 4.78 is 15.9. The molecule has 67 heavy (non-hydrogen) atoms. The van der Waals surface area contributed by atoms with Crippen molar-refractivity contribution in [2.75, 3.05) is 20.2 Å². The quantitative estimate of drug-likeness (QED) is 0.0571. The predicted octanol–water partition coefficient (Wildman–Crippen LogP) is 10.3. The number of hydrogen-bond acceptors (Lipinski definition) is 7. The topological polar surface area (TPSA) is 170 Å². The number of primary amides is 1. The number of ether oxygens (including phenoxy) is 3. The molecule has 350 valence electrons. The molecular weight excluding hydrogens is 890 g/mol. The molecular formula is C53H57Cl2N5O7. The highest BCUT2D eigenvalue weighted by atomic mass is 35.5. The van der Waals surface area contributed by atoms with Gasteiger partial charge in [-0.3, -0.25) is 9.59 Å². The van der Waals surface area contributed by atoms with Crippen molar-refractivity contribution in [3.8, 4) is 33.8 Å². The molecule has 0 saturated carbocycles. The van der Waals surface area contributed by atoms with E-state index in [9.17, 15) is 19.2 Å². The summed E-state index contributed by atoms with van der Waals surface area (Å²) in [7, 11) is 1.30. The fourth-order valence-electron chi connectivity index (χ4n) is 6.87. The molecule has 2 atom stereocenters. The van der Waals surface area contributed by atoms with Crippen LogP contribution in [-0.4, -0.2) is 68.4 Å². The van der Waals surface area contributed by atoms with Crippen molar-refractivity contribution in [3.63, 3.8) is 0 Å². The second-order valence-corrected chi connectivity index (χ2v) is 16.9. The molecule has 12 nitrogen and oxygen atoms in total. The molecule has 0 saturated heterocycles. The van der Waals surface area contributed by atoms with E-state index in [2.05, 4.69) is 50.3 Å². The number of methoxy groups -OCH3 is 1. The monoisotopic (exact) mass is 945 g/mol. The van der Waals surface area contributed by atoms with Crippen LogP contribution in [0.15, 0.2) is 146 Å². The van der Waals surface area contributed by atoms with Crippen molar-refractivity contribution in [3.05, 3.63) is 178 Å². The molecule has 0 fully saturated rings. The van der Waals surface area contributed by atoms with E-state index in [1.807, 2.05) is 113 Å². The number of amides is 5. The molecule has 0 aliphatic carbocycles. The van der Waals surface area contributed by atoms with Gasteiger partial charge in [0.05, 0.1) is 41.4 Å². The second-order valence-electron chi connectivity index (χ2n) is 16.1. The Morgan fingerprint density at radius 2 is 0.896 bits per heavy atom. The Morgan fingerprint density at radius 3 is 1.24 bits per heavy atom. The molecule has 0 aromatic heterocycles. The van der Waals surface area contributed by atoms with Crippen LogP contribution in [0.25, 0.3) is 22.3 Å². The number of benzene rings is 6. The highest BCUT2D eigenvalue weighted by Gasteiger charge is 2.19. The summed E-state index contributed by atoms with van der Waals surface area (Å²) in [6.45, 7) is 8.02. The first kappa shape index (κ1) is 51.0. The van der Waals surface area contributed by atoms with Crippen molar-refractivity contribution in [2.24, 2.45) is 5.73 Å². The van der Waals surface area contributed by atoms with Gasteiger partial charge >= 0.3 is 12.1 Å². The summed E-state index contributed by atoms with van der Waals surface area (Å²) in [6, 6.07) is 44.9. The van der Waals surface area contributed by atoms with Crippen LogP contribution in [0.2, 0.25) is 10.0 Å². The van der Waals surface area contributed by atoms with Gasteiger partial charge < -0.3 is 41.2 Å². The van der Waals surface area contributed by atoms with E-state index in [-0.39, 0.29) is 49.2 Å². The van der Waals surface area contributed by atoms with Crippen LogP contribution in [-0.2, 0) is 17.6 Å². The van der Waals surface area contributed by atoms with Gasteiger partial charge in [0.25, 0.3) is 11.8 Å². The van der Waals surface area contributed by atoms with Crippen molar-refractivity contribution in [1.29, 1.82) is 0 Å². The molecule has 5 amide bonds. The van der Waals surface area contributed by atoms with E-state index in [1.165, 1.54) is 7.11 Å². The molecule has 0 aliphatic heterocycles. The molecule has 0 bridgehead atoms. The van der Waals surface area contributed by atoms with Crippen LogP contribution in [0.1, 0.15) is 59.5 Å². The van der Waals surface area contributed by atoms with Gasteiger partial charge in [-0.1, -0.05) is 132 Å². The van der Waals surface area contributed by atoms with Gasteiger partial charge in [-0.15, -0.1) is 0 Å². The lowest BCUT2D eigenvalue weighted by Gasteiger charge is -2.20. The summed E-state index contributed by atoms with van der Waals surface area (Å²) >= 11 is 12.6. The minimum absolute atomic E-state index is 0.0280. The average Bonchev–Trinajstić information content (AvgIpc) is 3.32. The number of rotatable bonds is 18. The zero-order valence-corrected chi connectivity index (χ0v) is 39.7. The zero-order chi connectivity index (χ0) is 48.3. The Kier molecular flexibility index (Phi) is 19.5. The molecule has 14 heteroatoms. The third-order valence-corrected chi connectivity index (χ3v) is 10.7. The normalized spacial score (nSPS) is 11.6. The van der Waals surface area contributed by atoms with Crippen LogP contribution >= 0.6 is 23.2 Å². The maximum atomic E-state index is 12.9. The molecule has 0 radical (unpaired) electrons. The van der Waals surface area contributed by atoms with Crippen LogP contribution in [0.4, 0.5) is 9.59 Å². The van der Waals surface area contributed by atoms with Crippen molar-refractivity contribution < 1.29 is 33.4 Å². The fraction of sp³-hybridized carbons (Fsp3) is 0.245. The minimum Gasteiger partial charge on any atom is -0.489 e. The molecule has 0 heterocycles. The second kappa shape index (κ2) is 25.6. The fourth-order valence-corrected chi connectivity index (χ4v) is 7.32. The van der Waals surface area contributed by atoms with E-state index in [1.54, 1.807) is 36.4 Å². The molecule has 6 aromatic rings. The Morgan fingerprint density at radius 1 is 0.522 bits per heavy atom. The van der Waals surface area contributed by atoms with Gasteiger partial charge in [-0.25, -0.2) is 9.59 Å². The van der Waals surface area contributed by atoms with Crippen molar-refractivity contribution in [2.45, 2.75) is 64.8 Å². The van der Waals surface area contributed by atoms with E-state index < -0.39 is 12.1 Å². The third kappa shape index (κ3) is 16.7. The highest BCUT2D eigenvalue weighted by Crippen LogP contribution is 2.28. The number of nitrogens with one attached hydrogen (secondary N) is 4. The van der Waals surface area contributed by atoms with Crippen LogP contribution < -0.4 is 36.5 Å². The first-order chi connectivity index (χ1) is 32.2. The Hall–Kier alpha value is -7.02. The zero-order valence-electron chi connectivity index (χ0n) is 38.2.